The zero-order valence-electron chi connectivity index (χ0n) is 12.2. The summed E-state index contributed by atoms with van der Waals surface area (Å²) in [4.78, 5) is 29.6. The Balaban J connectivity index is 1.97. The molecule has 1 N–H and O–H groups in total. The second kappa shape index (κ2) is 5.63. The molecule has 0 fully saturated rings. The molecule has 2 heterocycles. The Labute approximate surface area is 127 Å². The van der Waals surface area contributed by atoms with E-state index < -0.39 is 17.9 Å². The van der Waals surface area contributed by atoms with Crippen molar-refractivity contribution in [3.63, 3.8) is 0 Å². The van der Waals surface area contributed by atoms with Crippen LogP contribution < -0.4 is 0 Å². The standard InChI is InChI=1S/C16H16N2O4/c1-2-13-14(17-9-22-13)15(19)18-8-11-6-4-3-5-10(11)7-12(18)16(20)21/h3-6,9,12H,2,7-8H2,1H3,(H,20,21). The maximum Gasteiger partial charge on any atom is 0.326 e. The lowest BCUT2D eigenvalue weighted by atomic mass is 9.93. The minimum Gasteiger partial charge on any atom is -0.480 e. The van der Waals surface area contributed by atoms with E-state index in [0.29, 0.717) is 18.6 Å². The molecule has 1 unspecified atom stereocenters. The lowest BCUT2D eigenvalue weighted by molar-refractivity contribution is -0.142. The summed E-state index contributed by atoms with van der Waals surface area (Å²) in [6.07, 6.45) is 2.06. The largest absolute Gasteiger partial charge is 0.480 e. The molecule has 6 nitrogen and oxygen atoms in total. The molecule has 1 atom stereocenters. The zero-order chi connectivity index (χ0) is 15.7. The molecule has 1 aliphatic heterocycles. The van der Waals surface area contributed by atoms with Gasteiger partial charge in [0, 0.05) is 19.4 Å². The lowest BCUT2D eigenvalue weighted by Gasteiger charge is -2.34. The Bertz CT molecular complexity index is 722. The summed E-state index contributed by atoms with van der Waals surface area (Å²) in [7, 11) is 0. The van der Waals surface area contributed by atoms with Crippen LogP contribution in [0.3, 0.4) is 0 Å². The van der Waals surface area contributed by atoms with E-state index in [1.165, 1.54) is 11.3 Å². The number of carbonyl (C=O) groups excluding carboxylic acids is 1. The van der Waals surface area contributed by atoms with Crippen LogP contribution in [0.2, 0.25) is 0 Å². The van der Waals surface area contributed by atoms with E-state index in [0.717, 1.165) is 11.1 Å². The molecule has 0 radical (unpaired) electrons. The van der Waals surface area contributed by atoms with Crippen LogP contribution in [0.25, 0.3) is 0 Å². The van der Waals surface area contributed by atoms with E-state index in [1.807, 2.05) is 31.2 Å². The minimum absolute atomic E-state index is 0.202. The van der Waals surface area contributed by atoms with E-state index in [4.69, 9.17) is 4.42 Å². The summed E-state index contributed by atoms with van der Waals surface area (Å²) in [5.74, 6) is -0.926. The van der Waals surface area contributed by atoms with E-state index in [1.54, 1.807) is 0 Å². The van der Waals surface area contributed by atoms with Gasteiger partial charge in [0.2, 0.25) is 0 Å². The minimum atomic E-state index is -1.01. The monoisotopic (exact) mass is 300 g/mol. The first-order chi connectivity index (χ1) is 10.6. The van der Waals surface area contributed by atoms with Gasteiger partial charge in [-0.25, -0.2) is 9.78 Å². The Morgan fingerprint density at radius 1 is 1.36 bits per heavy atom. The number of aliphatic carboxylic acids is 1. The van der Waals surface area contributed by atoms with Crippen LogP contribution in [-0.2, 0) is 24.2 Å². The van der Waals surface area contributed by atoms with Crippen LogP contribution >= 0.6 is 0 Å². The van der Waals surface area contributed by atoms with Crippen LogP contribution in [0.1, 0.15) is 34.3 Å². The Morgan fingerprint density at radius 3 is 2.77 bits per heavy atom. The first-order valence-electron chi connectivity index (χ1n) is 7.14. The molecule has 6 heteroatoms. The highest BCUT2D eigenvalue weighted by molar-refractivity contribution is 5.96. The predicted octanol–water partition coefficient (Wildman–Crippen LogP) is 1.89. The van der Waals surface area contributed by atoms with Crippen molar-refractivity contribution in [2.75, 3.05) is 0 Å². The third-order valence-electron chi connectivity index (χ3n) is 3.96. The molecule has 0 aliphatic carbocycles. The quantitative estimate of drug-likeness (QED) is 0.935. The Morgan fingerprint density at radius 2 is 2.09 bits per heavy atom. The molecule has 2 aromatic rings. The third kappa shape index (κ3) is 2.36. The van der Waals surface area contributed by atoms with Gasteiger partial charge in [-0.15, -0.1) is 0 Å². The lowest BCUT2D eigenvalue weighted by Crippen LogP contribution is -2.48. The number of aryl methyl sites for hydroxylation is 1. The molecule has 3 rings (SSSR count). The van der Waals surface area contributed by atoms with Crippen LogP contribution in [0.4, 0.5) is 0 Å². The van der Waals surface area contributed by atoms with Crippen molar-refractivity contribution in [1.29, 1.82) is 0 Å². The Kier molecular flexibility index (Phi) is 3.66. The van der Waals surface area contributed by atoms with Gasteiger partial charge in [-0.05, 0) is 11.1 Å². The van der Waals surface area contributed by atoms with Crippen molar-refractivity contribution in [3.8, 4) is 0 Å². The fourth-order valence-electron chi connectivity index (χ4n) is 2.79. The van der Waals surface area contributed by atoms with Gasteiger partial charge in [0.05, 0.1) is 0 Å². The Hall–Kier alpha value is -2.63. The van der Waals surface area contributed by atoms with E-state index >= 15 is 0 Å². The first-order valence-corrected chi connectivity index (χ1v) is 7.14. The summed E-state index contributed by atoms with van der Waals surface area (Å²) in [6.45, 7) is 2.12. The van der Waals surface area contributed by atoms with Gasteiger partial charge in [-0.2, -0.15) is 0 Å². The number of nitrogens with zero attached hydrogens (tertiary/aromatic N) is 2. The highest BCUT2D eigenvalue weighted by Gasteiger charge is 2.36. The molecule has 0 saturated carbocycles. The van der Waals surface area contributed by atoms with Gasteiger partial charge < -0.3 is 14.4 Å². The second-order valence-corrected chi connectivity index (χ2v) is 5.24. The first kappa shape index (κ1) is 14.3. The van der Waals surface area contributed by atoms with Crippen LogP contribution in [0, 0.1) is 0 Å². The summed E-state index contributed by atoms with van der Waals surface area (Å²) < 4.78 is 5.18. The molecular formula is C16H16N2O4. The smallest absolute Gasteiger partial charge is 0.326 e. The average molecular weight is 300 g/mol. The van der Waals surface area contributed by atoms with Gasteiger partial charge in [0.1, 0.15) is 11.8 Å². The summed E-state index contributed by atoms with van der Waals surface area (Å²) in [6, 6.07) is 6.69. The number of oxazole rings is 1. The normalized spacial score (nSPS) is 17.1. The zero-order valence-corrected chi connectivity index (χ0v) is 12.2. The molecule has 114 valence electrons. The molecule has 1 aromatic carbocycles. The number of aromatic nitrogens is 1. The van der Waals surface area contributed by atoms with E-state index in [2.05, 4.69) is 4.98 Å². The summed E-state index contributed by atoms with van der Waals surface area (Å²) in [5, 5.41) is 9.47. The van der Waals surface area contributed by atoms with E-state index in [9.17, 15) is 14.7 Å². The van der Waals surface area contributed by atoms with Crippen LogP contribution in [0.15, 0.2) is 35.1 Å². The summed E-state index contributed by atoms with van der Waals surface area (Å²) in [5.41, 5.74) is 2.14. The molecule has 1 aliphatic rings. The maximum atomic E-state index is 12.7. The topological polar surface area (TPSA) is 83.6 Å². The molecule has 0 bridgehead atoms. The fourth-order valence-corrected chi connectivity index (χ4v) is 2.79. The number of hydrogen-bond acceptors (Lipinski definition) is 4. The maximum absolute atomic E-state index is 12.7. The SMILES string of the molecule is CCc1ocnc1C(=O)N1Cc2ccccc2CC1C(=O)O. The number of hydrogen-bond donors (Lipinski definition) is 1. The predicted molar refractivity (Wildman–Crippen MR) is 77.3 cm³/mol. The highest BCUT2D eigenvalue weighted by atomic mass is 16.4. The van der Waals surface area contributed by atoms with E-state index in [-0.39, 0.29) is 12.2 Å². The van der Waals surface area contributed by atoms with Gasteiger partial charge in [0.15, 0.2) is 12.1 Å². The molecular weight excluding hydrogens is 284 g/mol. The summed E-state index contributed by atoms with van der Waals surface area (Å²) >= 11 is 0. The van der Waals surface area contributed by atoms with Crippen molar-refractivity contribution in [3.05, 3.63) is 53.2 Å². The van der Waals surface area contributed by atoms with Gasteiger partial charge in [-0.1, -0.05) is 31.2 Å². The fraction of sp³-hybridized carbons (Fsp3) is 0.312. The average Bonchev–Trinajstić information content (AvgIpc) is 3.01. The third-order valence-corrected chi connectivity index (χ3v) is 3.96. The number of rotatable bonds is 3. The van der Waals surface area contributed by atoms with Crippen LogP contribution in [0.5, 0.6) is 0 Å². The molecule has 1 aromatic heterocycles. The molecule has 0 spiro atoms. The number of amides is 1. The number of fused-ring (bicyclic) bond motifs is 1. The van der Waals surface area contributed by atoms with Crippen molar-refractivity contribution in [1.82, 2.24) is 9.88 Å². The van der Waals surface area contributed by atoms with Crippen LogP contribution in [-0.4, -0.2) is 32.9 Å². The molecule has 1 amide bonds. The number of carbonyl (C=O) groups is 2. The molecule has 22 heavy (non-hydrogen) atoms. The van der Waals surface area contributed by atoms with Gasteiger partial charge >= 0.3 is 5.97 Å². The van der Waals surface area contributed by atoms with Gasteiger partial charge in [0.25, 0.3) is 5.91 Å². The number of carboxylic acids is 1. The van der Waals surface area contributed by atoms with Gasteiger partial charge in [-0.3, -0.25) is 4.79 Å². The van der Waals surface area contributed by atoms with Crippen molar-refractivity contribution >= 4 is 11.9 Å². The number of benzene rings is 1. The number of carboxylic acid groups (broad SMARTS) is 1. The van der Waals surface area contributed by atoms with Crippen molar-refractivity contribution < 1.29 is 19.1 Å². The van der Waals surface area contributed by atoms with Crippen molar-refractivity contribution in [2.45, 2.75) is 32.4 Å². The van der Waals surface area contributed by atoms with Crippen molar-refractivity contribution in [2.24, 2.45) is 0 Å². The second-order valence-electron chi connectivity index (χ2n) is 5.24. The molecule has 0 saturated heterocycles. The highest BCUT2D eigenvalue weighted by Crippen LogP contribution is 2.25.